The fourth-order valence-electron chi connectivity index (χ4n) is 5.11. The van der Waals surface area contributed by atoms with Gasteiger partial charge in [-0.1, -0.05) is 25.5 Å². The zero-order valence-corrected chi connectivity index (χ0v) is 21.2. The Hall–Kier alpha value is -2.81. The number of benzene rings is 1. The molecule has 38 heavy (non-hydrogen) atoms. The van der Waals surface area contributed by atoms with Gasteiger partial charge in [0.05, 0.1) is 30.8 Å². The molecule has 8 nitrogen and oxygen atoms in total. The number of anilines is 1. The molecule has 4 heterocycles. The highest BCUT2D eigenvalue weighted by Gasteiger charge is 2.65. The SMILES string of the molecule is CO[C@H]1CN[C@@H](C(=O)N(c2ccc(S(F)(F)(F)(F)F)cc2)C(C(=O)N2CC3(COC3)C2)c2cccnc2)C1. The summed E-state index contributed by atoms with van der Waals surface area (Å²) in [5, 5.41) is 3.02. The van der Waals surface area contributed by atoms with Crippen LogP contribution >= 0.6 is 10.2 Å². The van der Waals surface area contributed by atoms with Crippen molar-refractivity contribution in [3.63, 3.8) is 0 Å². The number of hydrogen-bond donors (Lipinski definition) is 1. The quantitative estimate of drug-likeness (QED) is 0.513. The number of ether oxygens (including phenoxy) is 2. The third-order valence-electron chi connectivity index (χ3n) is 7.19. The molecule has 5 rings (SSSR count). The maximum atomic E-state index is 13.9. The summed E-state index contributed by atoms with van der Waals surface area (Å²) in [7, 11) is -8.46. The van der Waals surface area contributed by atoms with Crippen LogP contribution in [0.3, 0.4) is 0 Å². The average molecular weight is 563 g/mol. The van der Waals surface area contributed by atoms with Crippen LogP contribution < -0.4 is 10.2 Å². The highest BCUT2D eigenvalue weighted by atomic mass is 32.5. The van der Waals surface area contributed by atoms with Gasteiger partial charge in [0.1, 0.15) is 10.9 Å². The molecule has 2 aromatic rings. The predicted octanol–water partition coefficient (Wildman–Crippen LogP) is 4.05. The number of likely N-dealkylation sites (tertiary alicyclic amines) is 1. The van der Waals surface area contributed by atoms with E-state index in [0.717, 1.165) is 17.0 Å². The Morgan fingerprint density at radius 3 is 2.34 bits per heavy atom. The predicted molar refractivity (Wildman–Crippen MR) is 129 cm³/mol. The maximum absolute atomic E-state index is 13.9. The number of hydrogen-bond acceptors (Lipinski definition) is 6. The molecule has 3 fully saturated rings. The van der Waals surface area contributed by atoms with Crippen molar-refractivity contribution in [2.75, 3.05) is 44.9 Å². The van der Waals surface area contributed by atoms with E-state index in [1.807, 2.05) is 0 Å². The second kappa shape index (κ2) is 8.60. The number of pyridine rings is 1. The first kappa shape index (κ1) is 26.8. The monoisotopic (exact) mass is 562 g/mol. The lowest BCUT2D eigenvalue weighted by Crippen LogP contribution is -2.68. The molecule has 1 spiro atoms. The smallest absolute Gasteiger partial charge is 0.310 e. The van der Waals surface area contributed by atoms with Gasteiger partial charge >= 0.3 is 10.2 Å². The van der Waals surface area contributed by atoms with E-state index in [9.17, 15) is 29.0 Å². The number of halogens is 5. The number of nitrogens with one attached hydrogen (secondary N) is 1. The first-order chi connectivity index (χ1) is 17.7. The van der Waals surface area contributed by atoms with Crippen molar-refractivity contribution in [2.45, 2.75) is 29.5 Å². The third-order valence-corrected chi connectivity index (χ3v) is 8.36. The molecule has 14 heteroatoms. The highest BCUT2D eigenvalue weighted by Crippen LogP contribution is 3.02. The van der Waals surface area contributed by atoms with Gasteiger partial charge in [0, 0.05) is 50.4 Å². The second-order valence-electron chi connectivity index (χ2n) is 10.1. The van der Waals surface area contributed by atoms with Crippen LogP contribution in [0.15, 0.2) is 53.7 Å². The summed E-state index contributed by atoms with van der Waals surface area (Å²) in [6, 6.07) is 3.12. The lowest BCUT2D eigenvalue weighted by Gasteiger charge is -2.55. The van der Waals surface area contributed by atoms with Crippen molar-refractivity contribution < 1.29 is 38.5 Å². The minimum atomic E-state index is -9.95. The molecule has 0 radical (unpaired) electrons. The van der Waals surface area contributed by atoms with Crippen molar-refractivity contribution in [3.8, 4) is 0 Å². The van der Waals surface area contributed by atoms with Crippen molar-refractivity contribution >= 4 is 27.7 Å². The molecular formula is C24H27F5N4O4S. The van der Waals surface area contributed by atoms with Gasteiger partial charge in [0.2, 0.25) is 5.91 Å². The molecule has 1 unspecified atom stereocenters. The summed E-state index contributed by atoms with van der Waals surface area (Å²) >= 11 is 0. The van der Waals surface area contributed by atoms with Gasteiger partial charge in [-0.05, 0) is 36.8 Å². The normalized spacial score (nSPS) is 25.1. The van der Waals surface area contributed by atoms with E-state index in [-0.39, 0.29) is 35.8 Å². The van der Waals surface area contributed by atoms with Crippen LogP contribution in [0.5, 0.6) is 0 Å². The highest BCUT2D eigenvalue weighted by molar-refractivity contribution is 8.45. The minimum absolute atomic E-state index is 0.132. The van der Waals surface area contributed by atoms with E-state index in [1.165, 1.54) is 19.5 Å². The Morgan fingerprint density at radius 2 is 1.84 bits per heavy atom. The van der Waals surface area contributed by atoms with Crippen molar-refractivity contribution in [3.05, 3.63) is 54.4 Å². The average Bonchev–Trinajstić information content (AvgIpc) is 3.29. The largest absolute Gasteiger partial charge is 0.380 e. The molecule has 3 aliphatic heterocycles. The molecule has 3 saturated heterocycles. The summed E-state index contributed by atoms with van der Waals surface area (Å²) in [6.07, 6.45) is 2.84. The van der Waals surface area contributed by atoms with Crippen LogP contribution in [0, 0.1) is 5.41 Å². The van der Waals surface area contributed by atoms with Gasteiger partial charge in [0.25, 0.3) is 5.91 Å². The van der Waals surface area contributed by atoms with Crippen molar-refractivity contribution in [1.82, 2.24) is 15.2 Å². The Bertz CT molecular complexity index is 1220. The third kappa shape index (κ3) is 5.09. The number of methoxy groups -OCH3 is 1. The summed E-state index contributed by atoms with van der Waals surface area (Å²) in [6.45, 7) is 2.18. The van der Waals surface area contributed by atoms with Gasteiger partial charge in [-0.3, -0.25) is 19.5 Å². The fourth-order valence-corrected chi connectivity index (χ4v) is 5.76. The molecule has 3 aliphatic rings. The molecule has 208 valence electrons. The molecule has 1 N–H and O–H groups in total. The summed E-state index contributed by atoms with van der Waals surface area (Å²) in [4.78, 5) is 32.4. The summed E-state index contributed by atoms with van der Waals surface area (Å²) in [5.74, 6) is -1.06. The van der Waals surface area contributed by atoms with Gasteiger partial charge in [0.15, 0.2) is 0 Å². The van der Waals surface area contributed by atoms with Crippen LogP contribution in [0.1, 0.15) is 18.0 Å². The van der Waals surface area contributed by atoms with Gasteiger partial charge in [-0.25, -0.2) is 0 Å². The first-order valence-corrected chi connectivity index (χ1v) is 13.8. The van der Waals surface area contributed by atoms with Gasteiger partial charge in [-0.15, -0.1) is 0 Å². The zero-order chi connectivity index (χ0) is 27.4. The van der Waals surface area contributed by atoms with Gasteiger partial charge in [-0.2, -0.15) is 0 Å². The molecule has 0 saturated carbocycles. The lowest BCUT2D eigenvalue weighted by molar-refractivity contribution is -0.196. The van der Waals surface area contributed by atoms with E-state index in [4.69, 9.17) is 9.47 Å². The number of rotatable bonds is 7. The second-order valence-corrected chi connectivity index (χ2v) is 12.5. The fraction of sp³-hybridized carbons (Fsp3) is 0.458. The molecule has 0 aliphatic carbocycles. The molecule has 2 amide bonds. The molecular weight excluding hydrogens is 535 g/mol. The van der Waals surface area contributed by atoms with E-state index >= 15 is 0 Å². The van der Waals surface area contributed by atoms with Crippen molar-refractivity contribution in [1.29, 1.82) is 0 Å². The van der Waals surface area contributed by atoms with E-state index in [0.29, 0.717) is 38.4 Å². The van der Waals surface area contributed by atoms with E-state index in [2.05, 4.69) is 10.3 Å². The maximum Gasteiger partial charge on any atom is 0.310 e. The number of aromatic nitrogens is 1. The Balaban J connectivity index is 1.56. The number of carbonyl (C=O) groups excluding carboxylic acids is 2. The topological polar surface area (TPSA) is 84.0 Å². The van der Waals surface area contributed by atoms with E-state index in [1.54, 1.807) is 17.0 Å². The Morgan fingerprint density at radius 1 is 1.16 bits per heavy atom. The van der Waals surface area contributed by atoms with Crippen LogP contribution in [0.25, 0.3) is 0 Å². The number of carbonyl (C=O) groups is 2. The van der Waals surface area contributed by atoms with Crippen LogP contribution in [0.4, 0.5) is 25.1 Å². The van der Waals surface area contributed by atoms with Crippen LogP contribution in [-0.4, -0.2) is 73.8 Å². The standard InChI is InChI=1S/C24H27F5N4O4S/c1-36-18-9-20(31-11-18)22(34)33(17-4-6-19(7-5-17)38(25,26,27,28)29)21(16-3-2-8-30-10-16)23(35)32-12-24(13-32)14-37-15-24/h2-8,10,18,20-21,31H,9,11-15H2,1H3/t18-,20-,21?/m1/s1. The summed E-state index contributed by atoms with van der Waals surface area (Å²) < 4.78 is 77.6. The van der Waals surface area contributed by atoms with E-state index < -0.39 is 39.0 Å². The molecule has 0 bridgehead atoms. The molecule has 3 atom stereocenters. The van der Waals surface area contributed by atoms with Gasteiger partial charge < -0.3 is 19.7 Å². The Kier molecular flexibility index (Phi) is 6.06. The van der Waals surface area contributed by atoms with Crippen molar-refractivity contribution in [2.24, 2.45) is 5.41 Å². The Labute approximate surface area is 215 Å². The molecule has 1 aromatic carbocycles. The number of amides is 2. The number of nitrogens with zero attached hydrogens (tertiary/aromatic N) is 3. The first-order valence-electron chi connectivity index (χ1n) is 11.9. The summed E-state index contributed by atoms with van der Waals surface area (Å²) in [5.41, 5.74) is 0.0636. The zero-order valence-electron chi connectivity index (χ0n) is 20.4. The molecule has 1 aromatic heterocycles. The van der Waals surface area contributed by atoms with Crippen LogP contribution in [0.2, 0.25) is 0 Å². The van der Waals surface area contributed by atoms with Crippen LogP contribution in [-0.2, 0) is 19.1 Å². The minimum Gasteiger partial charge on any atom is -0.380 e. The lowest BCUT2D eigenvalue weighted by atomic mass is 9.77.